The van der Waals surface area contributed by atoms with Crippen molar-refractivity contribution >= 4 is 17.4 Å². The summed E-state index contributed by atoms with van der Waals surface area (Å²) < 4.78 is 0. The SMILES string of the molecule is Cc1c(Cl)ncnc1NC(C)C(C)(C)C. The van der Waals surface area contributed by atoms with Gasteiger partial charge >= 0.3 is 0 Å². The molecular weight excluding hydrogens is 210 g/mol. The summed E-state index contributed by atoms with van der Waals surface area (Å²) in [4.78, 5) is 8.11. The van der Waals surface area contributed by atoms with E-state index in [1.807, 2.05) is 6.92 Å². The molecule has 0 aliphatic carbocycles. The van der Waals surface area contributed by atoms with Crippen molar-refractivity contribution in [2.45, 2.75) is 40.7 Å². The number of hydrogen-bond acceptors (Lipinski definition) is 3. The van der Waals surface area contributed by atoms with Crippen LogP contribution in [0.25, 0.3) is 0 Å². The molecule has 15 heavy (non-hydrogen) atoms. The summed E-state index contributed by atoms with van der Waals surface area (Å²) in [5.74, 6) is 0.817. The first-order valence-electron chi connectivity index (χ1n) is 5.06. The third kappa shape index (κ3) is 3.06. The summed E-state index contributed by atoms with van der Waals surface area (Å²) in [6.07, 6.45) is 1.48. The Balaban J connectivity index is 2.86. The standard InChI is InChI=1S/C11H18ClN3/c1-7-9(12)13-6-14-10(7)15-8(2)11(3,4)5/h6,8H,1-5H3,(H,13,14,15). The molecule has 1 heterocycles. The van der Waals surface area contributed by atoms with Crippen LogP contribution in [0, 0.1) is 12.3 Å². The van der Waals surface area contributed by atoms with Gasteiger partial charge in [0.15, 0.2) is 0 Å². The van der Waals surface area contributed by atoms with E-state index in [0.29, 0.717) is 11.2 Å². The van der Waals surface area contributed by atoms with Crippen LogP contribution < -0.4 is 5.32 Å². The Morgan fingerprint density at radius 3 is 2.47 bits per heavy atom. The molecule has 1 aromatic rings. The van der Waals surface area contributed by atoms with Crippen molar-refractivity contribution in [1.82, 2.24) is 9.97 Å². The first kappa shape index (κ1) is 12.2. The lowest BCUT2D eigenvalue weighted by Crippen LogP contribution is -2.31. The van der Waals surface area contributed by atoms with E-state index in [9.17, 15) is 0 Å². The third-order valence-electron chi connectivity index (χ3n) is 2.67. The van der Waals surface area contributed by atoms with Gasteiger partial charge in [-0.15, -0.1) is 0 Å². The summed E-state index contributed by atoms with van der Waals surface area (Å²) in [6, 6.07) is 0.321. The van der Waals surface area contributed by atoms with Crippen LogP contribution in [-0.2, 0) is 0 Å². The van der Waals surface area contributed by atoms with Crippen LogP contribution in [0.3, 0.4) is 0 Å². The van der Waals surface area contributed by atoms with Crippen LogP contribution in [0.15, 0.2) is 6.33 Å². The highest BCUT2D eigenvalue weighted by atomic mass is 35.5. The van der Waals surface area contributed by atoms with Crippen LogP contribution in [0.4, 0.5) is 5.82 Å². The van der Waals surface area contributed by atoms with E-state index in [0.717, 1.165) is 11.4 Å². The lowest BCUT2D eigenvalue weighted by molar-refractivity contribution is 0.358. The van der Waals surface area contributed by atoms with Crippen LogP contribution in [-0.4, -0.2) is 16.0 Å². The van der Waals surface area contributed by atoms with Gasteiger partial charge in [-0.2, -0.15) is 0 Å². The van der Waals surface area contributed by atoms with Gasteiger partial charge in [-0.3, -0.25) is 0 Å². The molecule has 0 aromatic carbocycles. The molecule has 0 aliphatic rings. The number of nitrogens with one attached hydrogen (secondary N) is 1. The molecule has 0 amide bonds. The summed E-state index contributed by atoms with van der Waals surface area (Å²) in [5, 5.41) is 3.86. The predicted molar refractivity (Wildman–Crippen MR) is 64.3 cm³/mol. The van der Waals surface area contributed by atoms with Crippen molar-refractivity contribution in [1.29, 1.82) is 0 Å². The highest BCUT2D eigenvalue weighted by molar-refractivity contribution is 6.30. The molecule has 3 nitrogen and oxygen atoms in total. The molecule has 1 aromatic heterocycles. The van der Waals surface area contributed by atoms with Gasteiger partial charge in [-0.1, -0.05) is 32.4 Å². The van der Waals surface area contributed by atoms with Gasteiger partial charge in [0.25, 0.3) is 0 Å². The van der Waals surface area contributed by atoms with Crippen molar-refractivity contribution in [3.8, 4) is 0 Å². The Morgan fingerprint density at radius 2 is 1.93 bits per heavy atom. The summed E-state index contributed by atoms with van der Waals surface area (Å²) in [5.41, 5.74) is 1.08. The minimum atomic E-state index is 0.184. The molecule has 0 aliphatic heterocycles. The quantitative estimate of drug-likeness (QED) is 0.788. The maximum atomic E-state index is 5.92. The van der Waals surface area contributed by atoms with E-state index < -0.39 is 0 Å². The maximum Gasteiger partial charge on any atom is 0.137 e. The first-order chi connectivity index (χ1) is 6.82. The van der Waals surface area contributed by atoms with E-state index >= 15 is 0 Å². The zero-order chi connectivity index (χ0) is 11.6. The summed E-state index contributed by atoms with van der Waals surface area (Å²) in [6.45, 7) is 10.6. The molecular formula is C11H18ClN3. The number of nitrogens with zero attached hydrogens (tertiary/aromatic N) is 2. The van der Waals surface area contributed by atoms with Gasteiger partial charge in [-0.25, -0.2) is 9.97 Å². The van der Waals surface area contributed by atoms with Crippen molar-refractivity contribution in [3.05, 3.63) is 17.0 Å². The van der Waals surface area contributed by atoms with Gasteiger partial charge in [-0.05, 0) is 19.3 Å². The zero-order valence-corrected chi connectivity index (χ0v) is 10.7. The Labute approximate surface area is 96.3 Å². The number of aromatic nitrogens is 2. The first-order valence-corrected chi connectivity index (χ1v) is 5.44. The fourth-order valence-electron chi connectivity index (χ4n) is 0.996. The molecule has 0 saturated carbocycles. The highest BCUT2D eigenvalue weighted by Crippen LogP contribution is 2.24. The minimum Gasteiger partial charge on any atom is -0.367 e. The molecule has 0 radical (unpaired) electrons. The second-order valence-electron chi connectivity index (χ2n) is 4.87. The molecule has 0 saturated heterocycles. The van der Waals surface area contributed by atoms with E-state index in [-0.39, 0.29) is 5.41 Å². The Bertz CT molecular complexity index is 344. The lowest BCUT2D eigenvalue weighted by Gasteiger charge is -2.29. The molecule has 0 spiro atoms. The average molecular weight is 228 g/mol. The van der Waals surface area contributed by atoms with Gasteiger partial charge in [0.2, 0.25) is 0 Å². The molecule has 1 N–H and O–H groups in total. The summed E-state index contributed by atoms with van der Waals surface area (Å²) in [7, 11) is 0. The second-order valence-corrected chi connectivity index (χ2v) is 5.23. The number of anilines is 1. The van der Waals surface area contributed by atoms with Crippen LogP contribution in [0.2, 0.25) is 5.15 Å². The normalized spacial score (nSPS) is 13.7. The Hall–Kier alpha value is -0.830. The smallest absolute Gasteiger partial charge is 0.137 e. The van der Waals surface area contributed by atoms with Crippen molar-refractivity contribution in [2.75, 3.05) is 5.32 Å². The maximum absolute atomic E-state index is 5.92. The molecule has 84 valence electrons. The molecule has 1 rings (SSSR count). The fraction of sp³-hybridized carbons (Fsp3) is 0.636. The van der Waals surface area contributed by atoms with Crippen LogP contribution in [0.5, 0.6) is 0 Å². The number of halogens is 1. The molecule has 0 fully saturated rings. The largest absolute Gasteiger partial charge is 0.367 e. The topological polar surface area (TPSA) is 37.8 Å². The van der Waals surface area contributed by atoms with Crippen molar-refractivity contribution < 1.29 is 0 Å². The molecule has 1 unspecified atom stereocenters. The minimum absolute atomic E-state index is 0.184. The van der Waals surface area contributed by atoms with Crippen molar-refractivity contribution in [3.63, 3.8) is 0 Å². The Morgan fingerprint density at radius 1 is 1.33 bits per heavy atom. The van der Waals surface area contributed by atoms with Crippen LogP contribution >= 0.6 is 11.6 Å². The van der Waals surface area contributed by atoms with Gasteiger partial charge in [0.1, 0.15) is 17.3 Å². The van der Waals surface area contributed by atoms with Gasteiger partial charge < -0.3 is 5.32 Å². The van der Waals surface area contributed by atoms with Gasteiger partial charge in [0, 0.05) is 11.6 Å². The number of hydrogen-bond donors (Lipinski definition) is 1. The Kier molecular flexibility index (Phi) is 3.55. The zero-order valence-electron chi connectivity index (χ0n) is 9.93. The molecule has 4 heteroatoms. The van der Waals surface area contributed by atoms with Crippen molar-refractivity contribution in [2.24, 2.45) is 5.41 Å². The molecule has 1 atom stereocenters. The van der Waals surface area contributed by atoms with E-state index in [2.05, 4.69) is 43.0 Å². The van der Waals surface area contributed by atoms with Gasteiger partial charge in [0.05, 0.1) is 0 Å². The highest BCUT2D eigenvalue weighted by Gasteiger charge is 2.20. The predicted octanol–water partition coefficient (Wildman–Crippen LogP) is 3.28. The van der Waals surface area contributed by atoms with E-state index in [4.69, 9.17) is 11.6 Å². The van der Waals surface area contributed by atoms with E-state index in [1.165, 1.54) is 6.33 Å². The third-order valence-corrected chi connectivity index (χ3v) is 3.06. The monoisotopic (exact) mass is 227 g/mol. The van der Waals surface area contributed by atoms with E-state index in [1.54, 1.807) is 0 Å². The average Bonchev–Trinajstić information content (AvgIpc) is 2.11. The lowest BCUT2D eigenvalue weighted by atomic mass is 9.88. The number of rotatable bonds is 2. The molecule has 0 bridgehead atoms. The summed E-state index contributed by atoms with van der Waals surface area (Å²) >= 11 is 5.92. The second kappa shape index (κ2) is 4.35. The van der Waals surface area contributed by atoms with Crippen LogP contribution in [0.1, 0.15) is 33.3 Å². The fourth-order valence-corrected chi connectivity index (χ4v) is 1.13.